The molecule has 0 radical (unpaired) electrons. The highest BCUT2D eigenvalue weighted by Crippen LogP contribution is 2.35. The Balaban J connectivity index is 2.04. The van der Waals surface area contributed by atoms with Crippen LogP contribution in [0.4, 0.5) is 0 Å². The van der Waals surface area contributed by atoms with E-state index in [4.69, 9.17) is 4.42 Å². The average Bonchev–Trinajstić information content (AvgIpc) is 3.07. The fourth-order valence-electron chi connectivity index (χ4n) is 2.98. The molecule has 3 heteroatoms. The number of hydrogen-bond donors (Lipinski definition) is 1. The maximum atomic E-state index is 11.7. The first kappa shape index (κ1) is 13.7. The molecule has 2 aromatic heterocycles. The fourth-order valence-corrected chi connectivity index (χ4v) is 2.98. The maximum absolute atomic E-state index is 11.7. The van der Waals surface area contributed by atoms with Crippen LogP contribution in [0.2, 0.25) is 0 Å². The van der Waals surface area contributed by atoms with Crippen LogP contribution in [0.3, 0.4) is 0 Å². The lowest BCUT2D eigenvalue weighted by atomic mass is 9.84. The molecule has 0 atom stereocenters. The molecule has 4 rings (SSSR count). The van der Waals surface area contributed by atoms with E-state index in [2.05, 4.69) is 0 Å². The van der Waals surface area contributed by atoms with Crippen LogP contribution >= 0.6 is 0 Å². The van der Waals surface area contributed by atoms with Gasteiger partial charge in [0.15, 0.2) is 12.5 Å². The van der Waals surface area contributed by atoms with Gasteiger partial charge in [-0.1, -0.05) is 60.7 Å². The van der Waals surface area contributed by atoms with Crippen molar-refractivity contribution in [1.82, 2.24) is 0 Å². The Hall–Kier alpha value is -2.91. The van der Waals surface area contributed by atoms with Gasteiger partial charge in [-0.05, 0) is 17.2 Å². The van der Waals surface area contributed by atoms with Crippen molar-refractivity contribution in [2.45, 2.75) is 5.60 Å². The topological polar surface area (TPSA) is 37.5 Å². The Morgan fingerprint density at radius 2 is 1.30 bits per heavy atom. The Bertz CT molecular complexity index is 890. The molecule has 0 spiro atoms. The summed E-state index contributed by atoms with van der Waals surface area (Å²) >= 11 is 0. The third kappa shape index (κ3) is 2.14. The lowest BCUT2D eigenvalue weighted by Crippen LogP contribution is -2.39. The molecule has 23 heavy (non-hydrogen) atoms. The van der Waals surface area contributed by atoms with Gasteiger partial charge >= 0.3 is 5.71 Å². The van der Waals surface area contributed by atoms with Gasteiger partial charge in [-0.3, -0.25) is 0 Å². The van der Waals surface area contributed by atoms with Gasteiger partial charge in [0.2, 0.25) is 5.60 Å². The minimum atomic E-state index is -1.29. The average molecular weight is 302 g/mol. The first-order valence-corrected chi connectivity index (χ1v) is 7.52. The number of rotatable bonds is 3. The molecule has 0 saturated heterocycles. The highest BCUT2D eigenvalue weighted by Gasteiger charge is 2.42. The lowest BCUT2D eigenvalue weighted by Gasteiger charge is -2.24. The second-order valence-corrected chi connectivity index (χ2v) is 5.47. The van der Waals surface area contributed by atoms with E-state index in [9.17, 15) is 5.11 Å². The molecule has 0 amide bonds. The summed E-state index contributed by atoms with van der Waals surface area (Å²) in [6, 6.07) is 25.0. The van der Waals surface area contributed by atoms with Crippen LogP contribution in [0.1, 0.15) is 16.8 Å². The molecule has 2 aromatic carbocycles. The van der Waals surface area contributed by atoms with Crippen molar-refractivity contribution in [3.8, 4) is 0 Å². The molecule has 1 N–H and O–H groups in total. The van der Waals surface area contributed by atoms with Crippen LogP contribution in [0, 0.1) is 0 Å². The van der Waals surface area contributed by atoms with E-state index < -0.39 is 5.60 Å². The van der Waals surface area contributed by atoms with E-state index in [1.54, 1.807) is 6.26 Å². The lowest BCUT2D eigenvalue weighted by molar-refractivity contribution is -0.531. The highest BCUT2D eigenvalue weighted by molar-refractivity contribution is 5.43. The van der Waals surface area contributed by atoms with Gasteiger partial charge < -0.3 is 9.52 Å². The van der Waals surface area contributed by atoms with E-state index in [1.165, 1.54) is 0 Å². The number of aromatic nitrogens is 1. The standard InChI is InChI=1S/C20H16NO2/c22-20(16-9-3-1-4-10-16,17-11-5-2-6-12-17)18-15-23-19-13-7-8-14-21(18)19/h1-15,22H/q+1. The first-order chi connectivity index (χ1) is 11.3. The van der Waals surface area contributed by atoms with E-state index in [-0.39, 0.29) is 0 Å². The number of pyridine rings is 1. The number of fused-ring (bicyclic) bond motifs is 1. The SMILES string of the molecule is OC(c1ccccc1)(c1ccccc1)c1coc2cccc[n+]12. The van der Waals surface area contributed by atoms with Crippen molar-refractivity contribution in [2.24, 2.45) is 0 Å². The van der Waals surface area contributed by atoms with E-state index >= 15 is 0 Å². The van der Waals surface area contributed by atoms with Crippen LogP contribution in [-0.2, 0) is 5.60 Å². The molecule has 0 saturated carbocycles. The summed E-state index contributed by atoms with van der Waals surface area (Å²) in [5.74, 6) is 0. The largest absolute Gasteiger partial charge is 0.406 e. The zero-order valence-electron chi connectivity index (χ0n) is 12.5. The second kappa shape index (κ2) is 5.38. The van der Waals surface area contributed by atoms with Gasteiger partial charge in [-0.15, -0.1) is 4.40 Å². The van der Waals surface area contributed by atoms with Crippen molar-refractivity contribution in [3.63, 3.8) is 0 Å². The van der Waals surface area contributed by atoms with Crippen LogP contribution in [-0.4, -0.2) is 5.11 Å². The number of hydrogen-bond acceptors (Lipinski definition) is 2. The molecule has 0 aliphatic rings. The van der Waals surface area contributed by atoms with Gasteiger partial charge in [0, 0.05) is 6.07 Å². The predicted octanol–water partition coefficient (Wildman–Crippen LogP) is 3.30. The predicted molar refractivity (Wildman–Crippen MR) is 86.9 cm³/mol. The molecule has 0 aliphatic heterocycles. The molecule has 0 fully saturated rings. The second-order valence-electron chi connectivity index (χ2n) is 5.47. The molecule has 4 aromatic rings. The van der Waals surface area contributed by atoms with Gasteiger partial charge in [-0.25, -0.2) is 0 Å². The molecule has 3 nitrogen and oxygen atoms in total. The summed E-state index contributed by atoms with van der Waals surface area (Å²) in [5, 5.41) is 11.7. The Morgan fingerprint density at radius 1 is 0.739 bits per heavy atom. The summed E-state index contributed by atoms with van der Waals surface area (Å²) in [6.07, 6.45) is 3.51. The van der Waals surface area contributed by atoms with Crippen molar-refractivity contribution in [2.75, 3.05) is 0 Å². The fraction of sp³-hybridized carbons (Fsp3) is 0.0500. The smallest absolute Gasteiger partial charge is 0.378 e. The van der Waals surface area contributed by atoms with Crippen molar-refractivity contribution < 1.29 is 13.9 Å². The zero-order chi connectivity index (χ0) is 15.7. The van der Waals surface area contributed by atoms with Gasteiger partial charge in [0.1, 0.15) is 0 Å². The summed E-state index contributed by atoms with van der Waals surface area (Å²) in [7, 11) is 0. The molecule has 112 valence electrons. The molecule has 0 aliphatic carbocycles. The number of aliphatic hydroxyl groups is 1. The quantitative estimate of drug-likeness (QED) is 0.590. The number of benzene rings is 2. The molecular weight excluding hydrogens is 286 g/mol. The highest BCUT2D eigenvalue weighted by atomic mass is 16.3. The zero-order valence-corrected chi connectivity index (χ0v) is 12.5. The minimum absolute atomic E-state index is 0.672. The van der Waals surface area contributed by atoms with Gasteiger partial charge in [0.25, 0.3) is 5.69 Å². The Morgan fingerprint density at radius 3 is 1.91 bits per heavy atom. The van der Waals surface area contributed by atoms with Crippen molar-refractivity contribution >= 4 is 5.71 Å². The summed E-state index contributed by atoms with van der Waals surface area (Å²) < 4.78 is 7.52. The van der Waals surface area contributed by atoms with Crippen molar-refractivity contribution in [1.29, 1.82) is 0 Å². The van der Waals surface area contributed by atoms with Crippen LogP contribution < -0.4 is 4.40 Å². The first-order valence-electron chi connectivity index (χ1n) is 7.52. The summed E-state index contributed by atoms with van der Waals surface area (Å²) in [4.78, 5) is 0. The third-order valence-corrected chi connectivity index (χ3v) is 4.13. The van der Waals surface area contributed by atoms with Gasteiger partial charge in [0.05, 0.1) is 6.07 Å². The Labute approximate surface area is 134 Å². The van der Waals surface area contributed by atoms with E-state index in [0.717, 1.165) is 11.1 Å². The molecule has 2 heterocycles. The van der Waals surface area contributed by atoms with E-state index in [1.807, 2.05) is 89.5 Å². The molecule has 0 unspecified atom stereocenters. The molecule has 0 bridgehead atoms. The van der Waals surface area contributed by atoms with E-state index in [0.29, 0.717) is 11.4 Å². The van der Waals surface area contributed by atoms with Crippen LogP contribution in [0.5, 0.6) is 0 Å². The maximum Gasteiger partial charge on any atom is 0.378 e. The van der Waals surface area contributed by atoms with Gasteiger partial charge in [-0.2, -0.15) is 0 Å². The Kier molecular flexibility index (Phi) is 3.21. The van der Waals surface area contributed by atoms with Crippen LogP contribution in [0.25, 0.3) is 5.71 Å². The number of oxazole rings is 1. The minimum Gasteiger partial charge on any atom is -0.406 e. The number of nitrogens with zero attached hydrogens (tertiary/aromatic N) is 1. The van der Waals surface area contributed by atoms with Crippen molar-refractivity contribution in [3.05, 3.63) is 108 Å². The normalized spacial score (nSPS) is 11.7. The monoisotopic (exact) mass is 302 g/mol. The third-order valence-electron chi connectivity index (χ3n) is 4.13. The summed E-state index contributed by atoms with van der Waals surface area (Å²) in [6.45, 7) is 0. The summed E-state index contributed by atoms with van der Waals surface area (Å²) in [5.41, 5.74) is 1.66. The molecular formula is C20H16NO2+. The van der Waals surface area contributed by atoms with Crippen LogP contribution in [0.15, 0.2) is 95.7 Å².